The Morgan fingerprint density at radius 2 is 2.14 bits per heavy atom. The summed E-state index contributed by atoms with van der Waals surface area (Å²) in [5.41, 5.74) is 0. The number of hydrogen-bond acceptors (Lipinski definition) is 3. The quantitative estimate of drug-likeness (QED) is 0.771. The average molecular weight is 218 g/mol. The average Bonchev–Trinajstić information content (AvgIpc) is 2.02. The Kier molecular flexibility index (Phi) is 3.48. The van der Waals surface area contributed by atoms with Gasteiger partial charge in [-0.1, -0.05) is 20.8 Å². The fourth-order valence-corrected chi connectivity index (χ4v) is 3.30. The molecule has 1 fully saturated rings. The van der Waals surface area contributed by atoms with E-state index in [0.717, 1.165) is 6.42 Å². The lowest BCUT2D eigenvalue weighted by atomic mass is 10.0. The topological polar surface area (TPSA) is 46.5 Å². The molecule has 1 unspecified atom stereocenters. The van der Waals surface area contributed by atoms with E-state index in [1.807, 2.05) is 20.8 Å². The van der Waals surface area contributed by atoms with Gasteiger partial charge in [-0.2, -0.15) is 0 Å². The number of aliphatic carboxylic acids is 1. The van der Waals surface area contributed by atoms with Crippen molar-refractivity contribution < 1.29 is 14.6 Å². The second-order valence-electron chi connectivity index (χ2n) is 4.67. The van der Waals surface area contributed by atoms with Crippen molar-refractivity contribution in [1.29, 1.82) is 0 Å². The van der Waals surface area contributed by atoms with Crippen LogP contribution < -0.4 is 0 Å². The highest BCUT2D eigenvalue weighted by Gasteiger charge is 2.44. The van der Waals surface area contributed by atoms with Gasteiger partial charge >= 0.3 is 5.97 Å². The predicted octanol–water partition coefficient (Wildman–Crippen LogP) is 2.15. The molecule has 0 aromatic heterocycles. The Labute approximate surface area is 89.2 Å². The maximum Gasteiger partial charge on any atom is 0.322 e. The van der Waals surface area contributed by atoms with Gasteiger partial charge in [0.1, 0.15) is 4.75 Å². The Bertz CT molecular complexity index is 214. The zero-order chi connectivity index (χ0) is 10.8. The minimum Gasteiger partial charge on any atom is -0.480 e. The molecule has 82 valence electrons. The molecule has 1 N–H and O–H groups in total. The smallest absolute Gasteiger partial charge is 0.322 e. The van der Waals surface area contributed by atoms with Gasteiger partial charge in [-0.3, -0.25) is 4.79 Å². The van der Waals surface area contributed by atoms with Crippen LogP contribution in [-0.4, -0.2) is 33.8 Å². The fraction of sp³-hybridized carbons (Fsp3) is 0.900. The van der Waals surface area contributed by atoms with Crippen LogP contribution in [0.1, 0.15) is 33.6 Å². The van der Waals surface area contributed by atoms with Gasteiger partial charge in [0.15, 0.2) is 0 Å². The van der Waals surface area contributed by atoms with Gasteiger partial charge < -0.3 is 9.84 Å². The highest BCUT2D eigenvalue weighted by Crippen LogP contribution is 2.41. The first-order chi connectivity index (χ1) is 6.36. The summed E-state index contributed by atoms with van der Waals surface area (Å²) in [4.78, 5) is 11.3. The molecule has 0 bridgehead atoms. The number of rotatable bonds is 2. The van der Waals surface area contributed by atoms with Gasteiger partial charge in [0.25, 0.3) is 0 Å². The number of ether oxygens (including phenoxy) is 1. The lowest BCUT2D eigenvalue weighted by Crippen LogP contribution is -2.45. The molecule has 0 aromatic rings. The van der Waals surface area contributed by atoms with E-state index in [1.165, 1.54) is 11.8 Å². The summed E-state index contributed by atoms with van der Waals surface area (Å²) >= 11 is 1.51. The van der Waals surface area contributed by atoms with Crippen molar-refractivity contribution >= 4 is 17.7 Å². The zero-order valence-corrected chi connectivity index (χ0v) is 9.82. The monoisotopic (exact) mass is 218 g/mol. The molecule has 0 aromatic carbocycles. The van der Waals surface area contributed by atoms with Crippen molar-refractivity contribution in [2.45, 2.75) is 43.1 Å². The molecule has 1 rings (SSSR count). The van der Waals surface area contributed by atoms with Crippen molar-refractivity contribution in [3.8, 4) is 0 Å². The Morgan fingerprint density at radius 1 is 1.50 bits per heavy atom. The van der Waals surface area contributed by atoms with Crippen LogP contribution in [0.2, 0.25) is 0 Å². The normalized spacial score (nSPS) is 28.8. The van der Waals surface area contributed by atoms with Gasteiger partial charge in [0.05, 0.1) is 6.61 Å². The maximum absolute atomic E-state index is 11.3. The molecule has 0 radical (unpaired) electrons. The van der Waals surface area contributed by atoms with E-state index in [-0.39, 0.29) is 4.75 Å². The van der Waals surface area contributed by atoms with Gasteiger partial charge in [-0.15, -0.1) is 11.8 Å². The highest BCUT2D eigenvalue weighted by molar-refractivity contribution is 8.02. The van der Waals surface area contributed by atoms with E-state index in [2.05, 4.69) is 0 Å². The van der Waals surface area contributed by atoms with Crippen LogP contribution in [0.5, 0.6) is 0 Å². The van der Waals surface area contributed by atoms with Crippen LogP contribution in [0.3, 0.4) is 0 Å². The molecule has 0 spiro atoms. The van der Waals surface area contributed by atoms with Crippen LogP contribution in [0.15, 0.2) is 0 Å². The Hall–Kier alpha value is -0.220. The fourth-order valence-electron chi connectivity index (χ4n) is 1.65. The van der Waals surface area contributed by atoms with Crippen LogP contribution in [-0.2, 0) is 9.53 Å². The van der Waals surface area contributed by atoms with Gasteiger partial charge in [-0.25, -0.2) is 0 Å². The summed E-state index contributed by atoms with van der Waals surface area (Å²) in [6, 6.07) is 0. The predicted molar refractivity (Wildman–Crippen MR) is 57.8 cm³/mol. The van der Waals surface area contributed by atoms with E-state index in [9.17, 15) is 9.90 Å². The highest BCUT2D eigenvalue weighted by atomic mass is 32.2. The van der Waals surface area contributed by atoms with Gasteiger partial charge in [0.2, 0.25) is 0 Å². The van der Waals surface area contributed by atoms with Crippen molar-refractivity contribution in [3.63, 3.8) is 0 Å². The minimum atomic E-state index is -0.739. The molecule has 3 nitrogen and oxygen atoms in total. The van der Waals surface area contributed by atoms with Crippen LogP contribution in [0, 0.1) is 0 Å². The molecular formula is C10H18O3S. The van der Waals surface area contributed by atoms with Crippen molar-refractivity contribution in [1.82, 2.24) is 0 Å². The lowest BCUT2D eigenvalue weighted by molar-refractivity contribution is -0.143. The standard InChI is InChI=1S/C10H18O3S/c1-9(2,3)14-10(8(11)12)5-4-6-13-7-10/h4-7H2,1-3H3,(H,11,12). The molecule has 1 atom stereocenters. The van der Waals surface area contributed by atoms with E-state index in [0.29, 0.717) is 19.6 Å². The van der Waals surface area contributed by atoms with Crippen molar-refractivity contribution in [2.75, 3.05) is 13.2 Å². The van der Waals surface area contributed by atoms with E-state index >= 15 is 0 Å². The van der Waals surface area contributed by atoms with Gasteiger partial charge in [-0.05, 0) is 12.8 Å². The molecule has 1 aliphatic rings. The maximum atomic E-state index is 11.3. The largest absolute Gasteiger partial charge is 0.480 e. The summed E-state index contributed by atoms with van der Waals surface area (Å²) in [6.45, 7) is 7.15. The van der Waals surface area contributed by atoms with E-state index in [4.69, 9.17) is 4.74 Å². The molecule has 1 aliphatic heterocycles. The molecule has 0 aliphatic carbocycles. The van der Waals surface area contributed by atoms with Crippen LogP contribution >= 0.6 is 11.8 Å². The summed E-state index contributed by atoms with van der Waals surface area (Å²) in [6.07, 6.45) is 1.56. The number of thioether (sulfide) groups is 1. The number of carbonyl (C=O) groups is 1. The summed E-state index contributed by atoms with van der Waals surface area (Å²) in [5, 5.41) is 9.25. The first-order valence-electron chi connectivity index (χ1n) is 4.87. The number of carboxylic acid groups (broad SMARTS) is 1. The number of carboxylic acids is 1. The molecule has 0 saturated carbocycles. The molecule has 4 heteroatoms. The Balaban J connectivity index is 2.76. The third-order valence-electron chi connectivity index (χ3n) is 2.10. The van der Waals surface area contributed by atoms with Crippen LogP contribution in [0.4, 0.5) is 0 Å². The Morgan fingerprint density at radius 3 is 2.50 bits per heavy atom. The zero-order valence-electron chi connectivity index (χ0n) is 9.00. The molecule has 0 amide bonds. The van der Waals surface area contributed by atoms with E-state index < -0.39 is 10.7 Å². The second kappa shape index (κ2) is 4.11. The lowest BCUT2D eigenvalue weighted by Gasteiger charge is -2.37. The second-order valence-corrected chi connectivity index (χ2v) is 6.88. The minimum absolute atomic E-state index is 0.0426. The third kappa shape index (κ3) is 2.89. The van der Waals surface area contributed by atoms with E-state index in [1.54, 1.807) is 0 Å². The summed E-state index contributed by atoms with van der Waals surface area (Å²) in [7, 11) is 0. The first-order valence-corrected chi connectivity index (χ1v) is 5.69. The summed E-state index contributed by atoms with van der Waals surface area (Å²) in [5.74, 6) is -0.739. The van der Waals surface area contributed by atoms with Crippen molar-refractivity contribution in [3.05, 3.63) is 0 Å². The first kappa shape index (κ1) is 11.9. The van der Waals surface area contributed by atoms with Gasteiger partial charge in [0, 0.05) is 11.4 Å². The van der Waals surface area contributed by atoms with Crippen LogP contribution in [0.25, 0.3) is 0 Å². The molecule has 14 heavy (non-hydrogen) atoms. The third-order valence-corrected chi connectivity index (χ3v) is 3.60. The molecule has 1 saturated heterocycles. The number of hydrogen-bond donors (Lipinski definition) is 1. The summed E-state index contributed by atoms with van der Waals surface area (Å²) < 4.78 is 4.52. The SMILES string of the molecule is CC(C)(C)SC1(C(=O)O)CCCOC1. The van der Waals surface area contributed by atoms with Crippen molar-refractivity contribution in [2.24, 2.45) is 0 Å². The molecule has 1 heterocycles. The molecular weight excluding hydrogens is 200 g/mol.